The topological polar surface area (TPSA) is 29.5 Å². The van der Waals surface area contributed by atoms with Crippen molar-refractivity contribution in [2.75, 3.05) is 25.1 Å². The molecule has 0 aliphatic carbocycles. The predicted octanol–water partition coefficient (Wildman–Crippen LogP) is 2.92. The molecule has 16 heavy (non-hydrogen) atoms. The van der Waals surface area contributed by atoms with E-state index in [1.54, 1.807) is 0 Å². The van der Waals surface area contributed by atoms with E-state index in [1.165, 1.54) is 49.1 Å². The molecule has 1 aliphatic rings. The van der Waals surface area contributed by atoms with Gasteiger partial charge in [0.15, 0.2) is 0 Å². The molecule has 0 atom stereocenters. The van der Waals surface area contributed by atoms with E-state index < -0.39 is 0 Å². The molecule has 1 aromatic rings. The van der Waals surface area contributed by atoms with E-state index >= 15 is 0 Å². The second kappa shape index (κ2) is 5.34. The highest BCUT2D eigenvalue weighted by Gasteiger charge is 2.14. The summed E-state index contributed by atoms with van der Waals surface area (Å²) in [7, 11) is 1.42. The van der Waals surface area contributed by atoms with E-state index in [0.29, 0.717) is 4.88 Å². The van der Waals surface area contributed by atoms with Crippen molar-refractivity contribution in [2.45, 2.75) is 25.7 Å². The minimum absolute atomic E-state index is 0.230. The minimum Gasteiger partial charge on any atom is -0.465 e. The summed E-state index contributed by atoms with van der Waals surface area (Å²) >= 11 is 1.53. The van der Waals surface area contributed by atoms with Gasteiger partial charge in [0.25, 0.3) is 0 Å². The van der Waals surface area contributed by atoms with Crippen LogP contribution in [0.5, 0.6) is 0 Å². The maximum absolute atomic E-state index is 11.3. The lowest BCUT2D eigenvalue weighted by Gasteiger charge is -2.19. The van der Waals surface area contributed by atoms with Gasteiger partial charge in [0.05, 0.1) is 12.1 Å². The summed E-state index contributed by atoms with van der Waals surface area (Å²) < 4.78 is 4.71. The molecule has 0 N–H and O–H groups in total. The van der Waals surface area contributed by atoms with Crippen LogP contribution in [0.25, 0.3) is 0 Å². The smallest absolute Gasteiger partial charge is 0.348 e. The number of thiophene rings is 1. The number of hydrogen-bond donors (Lipinski definition) is 0. The fourth-order valence-electron chi connectivity index (χ4n) is 2.00. The van der Waals surface area contributed by atoms with E-state index in [-0.39, 0.29) is 5.97 Å². The summed E-state index contributed by atoms with van der Waals surface area (Å²) in [4.78, 5) is 14.4. The first-order chi connectivity index (χ1) is 7.81. The monoisotopic (exact) mass is 239 g/mol. The van der Waals surface area contributed by atoms with E-state index in [4.69, 9.17) is 4.74 Å². The SMILES string of the molecule is COC(=O)c1ccc(N2CCCCCC2)s1. The Labute approximate surface area is 100 Å². The minimum atomic E-state index is -0.230. The lowest BCUT2D eigenvalue weighted by molar-refractivity contribution is 0.0606. The maximum atomic E-state index is 11.3. The van der Waals surface area contributed by atoms with Gasteiger partial charge in [-0.2, -0.15) is 0 Å². The third kappa shape index (κ3) is 2.55. The molecule has 0 amide bonds. The van der Waals surface area contributed by atoms with Gasteiger partial charge in [0.1, 0.15) is 4.88 Å². The van der Waals surface area contributed by atoms with E-state index in [2.05, 4.69) is 4.90 Å². The molecule has 1 fully saturated rings. The molecule has 1 saturated heterocycles. The van der Waals surface area contributed by atoms with Gasteiger partial charge in [0.2, 0.25) is 0 Å². The Morgan fingerprint density at radius 2 is 1.94 bits per heavy atom. The van der Waals surface area contributed by atoms with Gasteiger partial charge in [-0.05, 0) is 25.0 Å². The van der Waals surface area contributed by atoms with Gasteiger partial charge in [-0.15, -0.1) is 11.3 Å². The van der Waals surface area contributed by atoms with E-state index in [1.807, 2.05) is 12.1 Å². The summed E-state index contributed by atoms with van der Waals surface area (Å²) in [6, 6.07) is 3.89. The summed E-state index contributed by atoms with van der Waals surface area (Å²) in [6.45, 7) is 2.22. The van der Waals surface area contributed by atoms with Crippen LogP contribution in [0.2, 0.25) is 0 Å². The van der Waals surface area contributed by atoms with Gasteiger partial charge in [-0.25, -0.2) is 4.79 Å². The number of esters is 1. The first-order valence-electron chi connectivity index (χ1n) is 5.74. The van der Waals surface area contributed by atoms with Gasteiger partial charge in [0, 0.05) is 13.1 Å². The fraction of sp³-hybridized carbons (Fsp3) is 0.583. The summed E-state index contributed by atoms with van der Waals surface area (Å²) in [5, 5.41) is 1.20. The molecule has 2 rings (SSSR count). The van der Waals surface area contributed by atoms with Crippen LogP contribution in [0.3, 0.4) is 0 Å². The quantitative estimate of drug-likeness (QED) is 0.743. The van der Waals surface area contributed by atoms with Crippen LogP contribution < -0.4 is 4.90 Å². The van der Waals surface area contributed by atoms with Crippen LogP contribution >= 0.6 is 11.3 Å². The molecule has 0 saturated carbocycles. The van der Waals surface area contributed by atoms with Gasteiger partial charge in [-0.1, -0.05) is 12.8 Å². The number of hydrogen-bond acceptors (Lipinski definition) is 4. The van der Waals surface area contributed by atoms with Crippen LogP contribution in [-0.2, 0) is 4.74 Å². The van der Waals surface area contributed by atoms with Crippen LogP contribution in [-0.4, -0.2) is 26.2 Å². The van der Waals surface area contributed by atoms with E-state index in [0.717, 1.165) is 13.1 Å². The molecule has 3 nitrogen and oxygen atoms in total. The Hall–Kier alpha value is -1.03. The summed E-state index contributed by atoms with van der Waals surface area (Å²) in [5.74, 6) is -0.230. The predicted molar refractivity (Wildman–Crippen MR) is 66.3 cm³/mol. The highest BCUT2D eigenvalue weighted by atomic mass is 32.1. The zero-order valence-electron chi connectivity index (χ0n) is 9.57. The lowest BCUT2D eigenvalue weighted by atomic mass is 10.2. The molecule has 0 spiro atoms. The van der Waals surface area contributed by atoms with Crippen LogP contribution in [0.1, 0.15) is 35.4 Å². The van der Waals surface area contributed by atoms with Crippen molar-refractivity contribution < 1.29 is 9.53 Å². The second-order valence-corrected chi connectivity index (χ2v) is 5.09. The molecule has 0 bridgehead atoms. The normalized spacial score (nSPS) is 16.9. The first kappa shape index (κ1) is 11.5. The molecule has 1 aromatic heterocycles. The third-order valence-electron chi connectivity index (χ3n) is 2.90. The Morgan fingerprint density at radius 1 is 1.25 bits per heavy atom. The summed E-state index contributed by atoms with van der Waals surface area (Å²) in [6.07, 6.45) is 5.16. The van der Waals surface area contributed by atoms with Crippen LogP contribution in [0.4, 0.5) is 5.00 Å². The Morgan fingerprint density at radius 3 is 2.56 bits per heavy atom. The zero-order chi connectivity index (χ0) is 11.4. The molecule has 1 aliphatic heterocycles. The zero-order valence-corrected chi connectivity index (χ0v) is 10.4. The molecular formula is C12H17NO2S. The molecule has 2 heterocycles. The summed E-state index contributed by atoms with van der Waals surface area (Å²) in [5.41, 5.74) is 0. The van der Waals surface area contributed by atoms with Crippen LogP contribution in [0, 0.1) is 0 Å². The van der Waals surface area contributed by atoms with Crippen molar-refractivity contribution >= 4 is 22.3 Å². The number of nitrogens with zero attached hydrogens (tertiary/aromatic N) is 1. The Kier molecular flexibility index (Phi) is 3.83. The average molecular weight is 239 g/mol. The Bertz CT molecular complexity index is 354. The van der Waals surface area contributed by atoms with Crippen molar-refractivity contribution in [1.29, 1.82) is 0 Å². The van der Waals surface area contributed by atoms with Crippen molar-refractivity contribution in [3.05, 3.63) is 17.0 Å². The van der Waals surface area contributed by atoms with Gasteiger partial charge in [-0.3, -0.25) is 0 Å². The van der Waals surface area contributed by atoms with Crippen molar-refractivity contribution in [1.82, 2.24) is 0 Å². The van der Waals surface area contributed by atoms with Crippen molar-refractivity contribution in [3.8, 4) is 0 Å². The second-order valence-electron chi connectivity index (χ2n) is 4.03. The van der Waals surface area contributed by atoms with Crippen molar-refractivity contribution in [3.63, 3.8) is 0 Å². The number of carbonyl (C=O) groups is 1. The highest BCUT2D eigenvalue weighted by molar-refractivity contribution is 7.17. The number of methoxy groups -OCH3 is 1. The Balaban J connectivity index is 2.08. The number of anilines is 1. The number of ether oxygens (including phenoxy) is 1. The lowest BCUT2D eigenvalue weighted by Crippen LogP contribution is -2.22. The van der Waals surface area contributed by atoms with Gasteiger partial charge < -0.3 is 9.64 Å². The molecule has 4 heteroatoms. The fourth-order valence-corrected chi connectivity index (χ4v) is 2.97. The van der Waals surface area contributed by atoms with Gasteiger partial charge >= 0.3 is 5.97 Å². The number of rotatable bonds is 2. The number of carbonyl (C=O) groups excluding carboxylic acids is 1. The first-order valence-corrected chi connectivity index (χ1v) is 6.56. The van der Waals surface area contributed by atoms with E-state index in [9.17, 15) is 4.79 Å². The van der Waals surface area contributed by atoms with Crippen LogP contribution in [0.15, 0.2) is 12.1 Å². The molecular weight excluding hydrogens is 222 g/mol. The molecule has 0 aromatic carbocycles. The standard InChI is InChI=1S/C12H17NO2S/c1-15-12(14)10-6-7-11(16-10)13-8-4-2-3-5-9-13/h6-7H,2-5,8-9H2,1H3. The highest BCUT2D eigenvalue weighted by Crippen LogP contribution is 2.28. The molecule has 88 valence electrons. The largest absolute Gasteiger partial charge is 0.465 e. The van der Waals surface area contributed by atoms with Crippen molar-refractivity contribution in [2.24, 2.45) is 0 Å². The molecule has 0 unspecified atom stereocenters. The molecule has 0 radical (unpaired) electrons. The average Bonchev–Trinajstić information content (AvgIpc) is 2.64. The maximum Gasteiger partial charge on any atom is 0.348 e. The third-order valence-corrected chi connectivity index (χ3v) is 4.02.